The Hall–Kier alpha value is -4.37. The molecule has 3 aromatic heterocycles. The van der Waals surface area contributed by atoms with Gasteiger partial charge in [-0.25, -0.2) is 4.98 Å². The van der Waals surface area contributed by atoms with Gasteiger partial charge in [-0.3, -0.25) is 4.57 Å². The van der Waals surface area contributed by atoms with E-state index in [0.717, 1.165) is 47.0 Å². The Bertz CT molecular complexity index is 2350. The molecular formula is C49H47N3. The van der Waals surface area contributed by atoms with E-state index in [1.165, 1.54) is 121 Å². The molecule has 258 valence electrons. The zero-order chi connectivity index (χ0) is 33.8. The van der Waals surface area contributed by atoms with Gasteiger partial charge < -0.3 is 4.57 Å². The Balaban J connectivity index is 0.914. The second kappa shape index (κ2) is 10.2. The minimum absolute atomic E-state index is 0.393. The first kappa shape index (κ1) is 29.1. The summed E-state index contributed by atoms with van der Waals surface area (Å²) in [5.74, 6) is 6.68. The Morgan fingerprint density at radius 3 is 1.31 bits per heavy atom. The van der Waals surface area contributed by atoms with Gasteiger partial charge in [0.25, 0.3) is 0 Å². The smallest absolute Gasteiger partial charge is 0.137 e. The summed E-state index contributed by atoms with van der Waals surface area (Å²) in [5, 5.41) is 5.47. The second-order valence-corrected chi connectivity index (χ2v) is 18.9. The van der Waals surface area contributed by atoms with Gasteiger partial charge in [-0.15, -0.1) is 0 Å². The third kappa shape index (κ3) is 3.95. The van der Waals surface area contributed by atoms with Crippen LogP contribution >= 0.6 is 0 Å². The molecule has 8 aliphatic carbocycles. The van der Waals surface area contributed by atoms with Gasteiger partial charge in [-0.1, -0.05) is 48.5 Å². The normalized spacial score (nSPS) is 33.0. The van der Waals surface area contributed by atoms with Crippen LogP contribution < -0.4 is 0 Å². The minimum atomic E-state index is 0.393. The Kier molecular flexibility index (Phi) is 5.71. The first-order chi connectivity index (χ1) is 25.6. The fraction of sp³-hybridized carbons (Fsp3) is 0.408. The van der Waals surface area contributed by atoms with Crippen LogP contribution in [0.1, 0.15) is 88.2 Å². The quantitative estimate of drug-likeness (QED) is 0.182. The van der Waals surface area contributed by atoms with Crippen LogP contribution in [-0.2, 0) is 10.8 Å². The predicted molar refractivity (Wildman–Crippen MR) is 213 cm³/mol. The molecule has 8 bridgehead atoms. The molecule has 0 N–H and O–H groups in total. The monoisotopic (exact) mass is 677 g/mol. The summed E-state index contributed by atoms with van der Waals surface area (Å²) < 4.78 is 4.86. The van der Waals surface area contributed by atoms with E-state index < -0.39 is 0 Å². The van der Waals surface area contributed by atoms with E-state index in [9.17, 15) is 0 Å². The first-order valence-electron chi connectivity index (χ1n) is 20.6. The zero-order valence-corrected chi connectivity index (χ0v) is 30.1. The highest BCUT2D eigenvalue weighted by atomic mass is 15.1. The molecule has 4 aromatic carbocycles. The van der Waals surface area contributed by atoms with Gasteiger partial charge in [0.2, 0.25) is 0 Å². The third-order valence-corrected chi connectivity index (χ3v) is 15.9. The lowest BCUT2D eigenvalue weighted by molar-refractivity contribution is -0.00524. The van der Waals surface area contributed by atoms with Crippen LogP contribution in [0.3, 0.4) is 0 Å². The van der Waals surface area contributed by atoms with Gasteiger partial charge in [0.05, 0.1) is 34.0 Å². The van der Waals surface area contributed by atoms with Crippen molar-refractivity contribution >= 4 is 43.6 Å². The summed E-state index contributed by atoms with van der Waals surface area (Å²) in [5.41, 5.74) is 10.2. The molecule has 0 spiro atoms. The molecule has 0 unspecified atom stereocenters. The van der Waals surface area contributed by atoms with Crippen molar-refractivity contribution in [1.82, 2.24) is 14.1 Å². The number of aromatic nitrogens is 3. The molecule has 0 radical (unpaired) electrons. The predicted octanol–water partition coefficient (Wildman–Crippen LogP) is 12.2. The van der Waals surface area contributed by atoms with Gasteiger partial charge in [0.15, 0.2) is 0 Å². The fourth-order valence-corrected chi connectivity index (χ4v) is 14.7. The van der Waals surface area contributed by atoms with Crippen LogP contribution in [0, 0.1) is 35.5 Å². The van der Waals surface area contributed by atoms with Crippen molar-refractivity contribution in [2.45, 2.75) is 87.9 Å². The van der Waals surface area contributed by atoms with Crippen molar-refractivity contribution in [3.63, 3.8) is 0 Å². The number of fused-ring (bicyclic) bond motifs is 6. The van der Waals surface area contributed by atoms with Crippen molar-refractivity contribution in [3.8, 4) is 11.5 Å². The van der Waals surface area contributed by atoms with Gasteiger partial charge in [0, 0.05) is 21.5 Å². The van der Waals surface area contributed by atoms with Crippen LogP contribution in [0.5, 0.6) is 0 Å². The molecule has 8 fully saturated rings. The van der Waals surface area contributed by atoms with Crippen molar-refractivity contribution < 1.29 is 0 Å². The van der Waals surface area contributed by atoms with Gasteiger partial charge in [-0.05, 0) is 183 Å². The lowest BCUT2D eigenvalue weighted by Crippen LogP contribution is -2.48. The maximum atomic E-state index is 5.25. The maximum absolute atomic E-state index is 5.25. The molecule has 3 heterocycles. The molecule has 3 nitrogen and oxygen atoms in total. The summed E-state index contributed by atoms with van der Waals surface area (Å²) in [4.78, 5) is 5.25. The fourth-order valence-electron chi connectivity index (χ4n) is 14.7. The van der Waals surface area contributed by atoms with E-state index in [2.05, 4.69) is 112 Å². The van der Waals surface area contributed by atoms with E-state index in [1.807, 2.05) is 0 Å². The van der Waals surface area contributed by atoms with Crippen LogP contribution in [-0.4, -0.2) is 14.1 Å². The largest absolute Gasteiger partial charge is 0.308 e. The summed E-state index contributed by atoms with van der Waals surface area (Å²) >= 11 is 0. The van der Waals surface area contributed by atoms with E-state index in [4.69, 9.17) is 4.98 Å². The van der Waals surface area contributed by atoms with Crippen molar-refractivity contribution in [2.75, 3.05) is 0 Å². The number of para-hydroxylation sites is 2. The Morgan fingerprint density at radius 1 is 0.423 bits per heavy atom. The van der Waals surface area contributed by atoms with Crippen LogP contribution in [0.4, 0.5) is 0 Å². The topological polar surface area (TPSA) is 22.8 Å². The van der Waals surface area contributed by atoms with Gasteiger partial charge in [-0.2, -0.15) is 0 Å². The number of pyridine rings is 1. The molecule has 0 saturated heterocycles. The molecule has 8 aliphatic rings. The maximum Gasteiger partial charge on any atom is 0.137 e. The molecule has 8 saturated carbocycles. The summed E-state index contributed by atoms with van der Waals surface area (Å²) in [7, 11) is 0. The molecule has 0 aliphatic heterocycles. The summed E-state index contributed by atoms with van der Waals surface area (Å²) in [6.45, 7) is 0. The van der Waals surface area contributed by atoms with E-state index >= 15 is 0 Å². The average molecular weight is 678 g/mol. The van der Waals surface area contributed by atoms with Crippen LogP contribution in [0.15, 0.2) is 103 Å². The lowest BCUT2D eigenvalue weighted by atomic mass is 9.48. The van der Waals surface area contributed by atoms with E-state index in [0.29, 0.717) is 10.8 Å². The van der Waals surface area contributed by atoms with E-state index in [-0.39, 0.29) is 0 Å². The standard InChI is InChI=1S/C49H47N3/c1-3-7-43-39(5-1)41-21-36(48-23-30-15-31(24-48)17-32(16-30)25-48)9-12-45(41)51(43)38-11-14-47(50-29-38)52-44-8-4-2-6-40(44)42-22-37(10-13-46(42)52)49-26-33-18-34(27-49)20-35(19-33)28-49/h1-14,21-22,29-35H,15-20,23-28H2. The first-order valence-corrected chi connectivity index (χ1v) is 20.6. The minimum Gasteiger partial charge on any atom is -0.308 e. The molecule has 3 heteroatoms. The third-order valence-electron chi connectivity index (χ3n) is 15.9. The highest BCUT2D eigenvalue weighted by Gasteiger charge is 2.53. The van der Waals surface area contributed by atoms with Crippen LogP contribution in [0.25, 0.3) is 55.1 Å². The highest BCUT2D eigenvalue weighted by Crippen LogP contribution is 2.62. The second-order valence-electron chi connectivity index (χ2n) is 18.9. The van der Waals surface area contributed by atoms with Crippen molar-refractivity contribution in [3.05, 3.63) is 114 Å². The molecular weight excluding hydrogens is 631 g/mol. The average Bonchev–Trinajstić information content (AvgIpc) is 3.66. The number of rotatable bonds is 4. The van der Waals surface area contributed by atoms with Crippen molar-refractivity contribution in [1.29, 1.82) is 0 Å². The van der Waals surface area contributed by atoms with Crippen LogP contribution in [0.2, 0.25) is 0 Å². The number of hydrogen-bond donors (Lipinski definition) is 0. The molecule has 0 amide bonds. The van der Waals surface area contributed by atoms with Gasteiger partial charge >= 0.3 is 0 Å². The molecule has 7 aromatic rings. The number of benzene rings is 4. The molecule has 52 heavy (non-hydrogen) atoms. The highest BCUT2D eigenvalue weighted by molar-refractivity contribution is 6.10. The summed E-state index contributed by atoms with van der Waals surface area (Å²) in [6.07, 6.45) is 19.4. The summed E-state index contributed by atoms with van der Waals surface area (Å²) in [6, 6.07) is 37.6. The Labute approximate surface area is 306 Å². The number of hydrogen-bond acceptors (Lipinski definition) is 1. The molecule has 0 atom stereocenters. The SMILES string of the molecule is c1ccc2c(c1)c1cc(C34CC5CC(CC(C5)C3)C4)ccc1n2-c1ccc(-n2c3ccccc3c3cc(C45CC6CC(CC(C6)C4)C5)ccc32)nc1. The van der Waals surface area contributed by atoms with E-state index in [1.54, 1.807) is 11.1 Å². The molecule has 15 rings (SSSR count). The van der Waals surface area contributed by atoms with Gasteiger partial charge in [0.1, 0.15) is 5.82 Å². The van der Waals surface area contributed by atoms with Crippen molar-refractivity contribution in [2.24, 2.45) is 35.5 Å². The number of nitrogens with zero attached hydrogens (tertiary/aromatic N) is 3. The lowest BCUT2D eigenvalue weighted by Gasteiger charge is -2.57. The zero-order valence-electron chi connectivity index (χ0n) is 30.1. The Morgan fingerprint density at radius 2 is 0.846 bits per heavy atom.